The normalized spacial score (nSPS) is 14.8. The van der Waals surface area contributed by atoms with Gasteiger partial charge in [-0.3, -0.25) is 0 Å². The second kappa shape index (κ2) is 6.05. The molecule has 0 saturated carbocycles. The van der Waals surface area contributed by atoms with Gasteiger partial charge in [0.15, 0.2) is 0 Å². The van der Waals surface area contributed by atoms with Gasteiger partial charge in [0.2, 0.25) is 0 Å². The van der Waals surface area contributed by atoms with Crippen molar-refractivity contribution in [3.05, 3.63) is 34.9 Å². The second-order valence-corrected chi connectivity index (χ2v) is 5.02. The molecule has 2 unspecified atom stereocenters. The van der Waals surface area contributed by atoms with E-state index in [1.807, 2.05) is 0 Å². The first-order chi connectivity index (χ1) is 7.54. The van der Waals surface area contributed by atoms with Crippen molar-refractivity contribution in [2.75, 3.05) is 0 Å². The molecule has 0 heterocycles. The van der Waals surface area contributed by atoms with Crippen molar-refractivity contribution in [1.29, 1.82) is 0 Å². The molecule has 0 bridgehead atoms. The van der Waals surface area contributed by atoms with Gasteiger partial charge in [-0.1, -0.05) is 30.7 Å². The number of rotatable bonds is 5. The predicted octanol–water partition coefficient (Wildman–Crippen LogP) is 3.92. The summed E-state index contributed by atoms with van der Waals surface area (Å²) in [7, 11) is 0. The Morgan fingerprint density at radius 2 is 1.88 bits per heavy atom. The molecular weight excluding hydrogens is 194 g/mol. The Morgan fingerprint density at radius 1 is 1.19 bits per heavy atom. The molecule has 16 heavy (non-hydrogen) atoms. The van der Waals surface area contributed by atoms with Gasteiger partial charge in [-0.25, -0.2) is 0 Å². The summed E-state index contributed by atoms with van der Waals surface area (Å²) in [4.78, 5) is 0. The van der Waals surface area contributed by atoms with E-state index in [1.54, 1.807) is 0 Å². The van der Waals surface area contributed by atoms with Gasteiger partial charge in [0.1, 0.15) is 0 Å². The fourth-order valence-electron chi connectivity index (χ4n) is 2.33. The van der Waals surface area contributed by atoms with Crippen LogP contribution in [-0.2, 0) is 0 Å². The predicted molar refractivity (Wildman–Crippen MR) is 71.8 cm³/mol. The molecule has 0 spiro atoms. The number of hydrogen-bond acceptors (Lipinski definition) is 1. The zero-order valence-electron chi connectivity index (χ0n) is 11.1. The summed E-state index contributed by atoms with van der Waals surface area (Å²) in [6, 6.07) is 7.11. The van der Waals surface area contributed by atoms with Gasteiger partial charge in [0, 0.05) is 6.04 Å². The molecule has 90 valence electrons. The summed E-state index contributed by atoms with van der Waals surface area (Å²) in [6.07, 6.45) is 3.53. The molecule has 1 nitrogen and oxygen atoms in total. The van der Waals surface area contributed by atoms with Crippen molar-refractivity contribution in [2.24, 2.45) is 5.73 Å². The van der Waals surface area contributed by atoms with E-state index in [0.29, 0.717) is 12.0 Å². The SMILES string of the molecule is CCC(CCC(C)N)c1ccc(C)cc1C. The van der Waals surface area contributed by atoms with E-state index in [9.17, 15) is 0 Å². The maximum atomic E-state index is 5.84. The molecule has 0 aliphatic carbocycles. The molecule has 1 heteroatoms. The maximum absolute atomic E-state index is 5.84. The van der Waals surface area contributed by atoms with Crippen LogP contribution in [0.5, 0.6) is 0 Å². The molecule has 2 N–H and O–H groups in total. The average Bonchev–Trinajstić information content (AvgIpc) is 2.21. The van der Waals surface area contributed by atoms with Gasteiger partial charge in [-0.05, 0) is 57.1 Å². The standard InChI is InChI=1S/C15H25N/c1-5-14(8-7-13(4)16)15-9-6-11(2)10-12(15)3/h6,9-10,13-14H,5,7-8,16H2,1-4H3. The van der Waals surface area contributed by atoms with Crippen LogP contribution in [0.3, 0.4) is 0 Å². The first-order valence-corrected chi connectivity index (χ1v) is 6.37. The van der Waals surface area contributed by atoms with Crippen LogP contribution in [-0.4, -0.2) is 6.04 Å². The Labute approximate surface area is 100 Å². The maximum Gasteiger partial charge on any atom is 0.00106 e. The molecule has 0 saturated heterocycles. The van der Waals surface area contributed by atoms with Crippen LogP contribution in [0.4, 0.5) is 0 Å². The van der Waals surface area contributed by atoms with Gasteiger partial charge < -0.3 is 5.73 Å². The Morgan fingerprint density at radius 3 is 2.38 bits per heavy atom. The Hall–Kier alpha value is -0.820. The molecular formula is C15H25N. The summed E-state index contributed by atoms with van der Waals surface area (Å²) in [5, 5.41) is 0. The Balaban J connectivity index is 2.78. The molecule has 0 aliphatic heterocycles. The van der Waals surface area contributed by atoms with E-state index in [-0.39, 0.29) is 0 Å². The summed E-state index contributed by atoms with van der Waals surface area (Å²) in [5.74, 6) is 0.673. The molecule has 0 aliphatic rings. The van der Waals surface area contributed by atoms with E-state index >= 15 is 0 Å². The third kappa shape index (κ3) is 3.64. The fourth-order valence-corrected chi connectivity index (χ4v) is 2.33. The highest BCUT2D eigenvalue weighted by molar-refractivity contribution is 5.33. The van der Waals surface area contributed by atoms with E-state index in [1.165, 1.54) is 29.5 Å². The molecule has 0 fully saturated rings. The minimum atomic E-state index is 0.319. The van der Waals surface area contributed by atoms with Gasteiger partial charge in [0.25, 0.3) is 0 Å². The van der Waals surface area contributed by atoms with Crippen LogP contribution >= 0.6 is 0 Å². The molecule has 1 aromatic carbocycles. The lowest BCUT2D eigenvalue weighted by atomic mass is 9.87. The highest BCUT2D eigenvalue weighted by Gasteiger charge is 2.12. The summed E-state index contributed by atoms with van der Waals surface area (Å²) >= 11 is 0. The van der Waals surface area contributed by atoms with Crippen molar-refractivity contribution in [3.8, 4) is 0 Å². The highest BCUT2D eigenvalue weighted by atomic mass is 14.6. The lowest BCUT2D eigenvalue weighted by Crippen LogP contribution is -2.16. The molecule has 1 aromatic rings. The first kappa shape index (κ1) is 13.2. The summed E-state index contributed by atoms with van der Waals surface area (Å²) in [6.45, 7) is 8.73. The number of aryl methyl sites for hydroxylation is 2. The fraction of sp³-hybridized carbons (Fsp3) is 0.600. The van der Waals surface area contributed by atoms with Crippen LogP contribution in [0.2, 0.25) is 0 Å². The van der Waals surface area contributed by atoms with Crippen molar-refractivity contribution < 1.29 is 0 Å². The van der Waals surface area contributed by atoms with Crippen LogP contribution in [0.15, 0.2) is 18.2 Å². The zero-order chi connectivity index (χ0) is 12.1. The number of benzene rings is 1. The van der Waals surface area contributed by atoms with Crippen molar-refractivity contribution in [2.45, 2.75) is 58.9 Å². The van der Waals surface area contributed by atoms with Crippen molar-refractivity contribution >= 4 is 0 Å². The van der Waals surface area contributed by atoms with Crippen LogP contribution < -0.4 is 5.73 Å². The average molecular weight is 219 g/mol. The second-order valence-electron chi connectivity index (χ2n) is 5.02. The summed E-state index contributed by atoms with van der Waals surface area (Å²) < 4.78 is 0. The monoisotopic (exact) mass is 219 g/mol. The minimum absolute atomic E-state index is 0.319. The number of hydrogen-bond donors (Lipinski definition) is 1. The lowest BCUT2D eigenvalue weighted by molar-refractivity contribution is 0.531. The minimum Gasteiger partial charge on any atom is -0.328 e. The smallest absolute Gasteiger partial charge is 0.00106 e. The third-order valence-electron chi connectivity index (χ3n) is 3.33. The van der Waals surface area contributed by atoms with Gasteiger partial charge in [-0.2, -0.15) is 0 Å². The van der Waals surface area contributed by atoms with Crippen LogP contribution in [0.25, 0.3) is 0 Å². The van der Waals surface area contributed by atoms with E-state index in [0.717, 1.165) is 6.42 Å². The zero-order valence-corrected chi connectivity index (χ0v) is 11.1. The quantitative estimate of drug-likeness (QED) is 0.798. The van der Waals surface area contributed by atoms with Crippen LogP contribution in [0, 0.1) is 13.8 Å². The van der Waals surface area contributed by atoms with Crippen molar-refractivity contribution in [1.82, 2.24) is 0 Å². The topological polar surface area (TPSA) is 26.0 Å². The molecule has 0 radical (unpaired) electrons. The molecule has 1 rings (SSSR count). The highest BCUT2D eigenvalue weighted by Crippen LogP contribution is 2.28. The summed E-state index contributed by atoms with van der Waals surface area (Å²) in [5.41, 5.74) is 10.1. The largest absolute Gasteiger partial charge is 0.328 e. The van der Waals surface area contributed by atoms with Gasteiger partial charge in [-0.15, -0.1) is 0 Å². The van der Waals surface area contributed by atoms with E-state index in [4.69, 9.17) is 5.73 Å². The Bertz CT molecular complexity index is 328. The van der Waals surface area contributed by atoms with Crippen LogP contribution in [0.1, 0.15) is 55.7 Å². The number of nitrogens with two attached hydrogens (primary N) is 1. The van der Waals surface area contributed by atoms with E-state index < -0.39 is 0 Å². The van der Waals surface area contributed by atoms with E-state index in [2.05, 4.69) is 45.9 Å². The molecule has 0 aromatic heterocycles. The first-order valence-electron chi connectivity index (χ1n) is 6.37. The van der Waals surface area contributed by atoms with Gasteiger partial charge >= 0.3 is 0 Å². The molecule has 2 atom stereocenters. The van der Waals surface area contributed by atoms with Crippen molar-refractivity contribution in [3.63, 3.8) is 0 Å². The lowest BCUT2D eigenvalue weighted by Gasteiger charge is -2.19. The molecule has 0 amide bonds. The van der Waals surface area contributed by atoms with Gasteiger partial charge in [0.05, 0.1) is 0 Å². The Kier molecular flexibility index (Phi) is 5.01. The third-order valence-corrected chi connectivity index (χ3v) is 3.33.